The van der Waals surface area contributed by atoms with E-state index in [2.05, 4.69) is 0 Å². The van der Waals surface area contributed by atoms with Gasteiger partial charge in [0.15, 0.2) is 0 Å². The minimum atomic E-state index is -3.17. The minimum absolute atomic E-state index is 0.0423. The van der Waals surface area contributed by atoms with Gasteiger partial charge in [0.2, 0.25) is 0 Å². The van der Waals surface area contributed by atoms with Gasteiger partial charge in [0.05, 0.1) is 18.4 Å². The van der Waals surface area contributed by atoms with Crippen LogP contribution in [-0.4, -0.2) is 33.5 Å². The molecule has 0 saturated carbocycles. The Morgan fingerprint density at radius 1 is 1.41 bits per heavy atom. The van der Waals surface area contributed by atoms with Gasteiger partial charge in [-0.15, -0.1) is 23.5 Å². The van der Waals surface area contributed by atoms with Gasteiger partial charge in [-0.05, 0) is 31.9 Å². The number of thiocarbonyl (C=S) groups is 1. The van der Waals surface area contributed by atoms with Crippen molar-refractivity contribution in [1.29, 1.82) is 5.26 Å². The number of carbonyl (C=O) groups excluding carboxylic acids is 1. The highest BCUT2D eigenvalue weighted by atomic mass is 32.2. The molecule has 0 aliphatic rings. The number of nitriles is 1. The average Bonchev–Trinajstić information content (AvgIpc) is 2.46. The van der Waals surface area contributed by atoms with Gasteiger partial charge in [-0.3, -0.25) is 4.79 Å². The van der Waals surface area contributed by atoms with Crippen molar-refractivity contribution in [3.63, 3.8) is 0 Å². The Morgan fingerprint density at radius 3 is 2.55 bits per heavy atom. The summed E-state index contributed by atoms with van der Waals surface area (Å²) in [4.78, 5) is 10.6. The van der Waals surface area contributed by atoms with Crippen LogP contribution in [0.5, 0.6) is 0 Å². The van der Waals surface area contributed by atoms with E-state index in [1.54, 1.807) is 6.07 Å². The lowest BCUT2D eigenvalue weighted by Gasteiger charge is -2.31. The lowest BCUT2D eigenvalue weighted by atomic mass is 9.81. The molecule has 0 bridgehead atoms. The van der Waals surface area contributed by atoms with Gasteiger partial charge < -0.3 is 4.74 Å². The molecule has 0 fully saturated rings. The number of hydrogen-bond donors (Lipinski definition) is 0. The Bertz CT molecular complexity index is 427. The summed E-state index contributed by atoms with van der Waals surface area (Å²) in [5.74, 6) is -3.34. The second-order valence-corrected chi connectivity index (χ2v) is 8.25. The highest BCUT2D eigenvalue weighted by Gasteiger charge is 2.50. The molecule has 8 heteroatoms. The molecular weight excluding hydrogens is 348 g/mol. The summed E-state index contributed by atoms with van der Waals surface area (Å²) in [6, 6.07) is 1.72. The summed E-state index contributed by atoms with van der Waals surface area (Å²) < 4.78 is 33.8. The van der Waals surface area contributed by atoms with Crippen LogP contribution in [0.1, 0.15) is 40.0 Å². The molecule has 0 aliphatic carbocycles. The molecule has 0 aromatic carbocycles. The van der Waals surface area contributed by atoms with E-state index in [9.17, 15) is 13.6 Å². The first kappa shape index (κ1) is 21.6. The third kappa shape index (κ3) is 7.75. The largest absolute Gasteiger partial charge is 0.466 e. The quantitative estimate of drug-likeness (QED) is 0.335. The minimum Gasteiger partial charge on any atom is -0.466 e. The van der Waals surface area contributed by atoms with E-state index in [0.29, 0.717) is 3.53 Å². The highest BCUT2D eigenvalue weighted by Crippen LogP contribution is 2.42. The van der Waals surface area contributed by atoms with Crippen LogP contribution in [-0.2, 0) is 9.53 Å². The molecule has 0 saturated heterocycles. The third-order valence-electron chi connectivity index (χ3n) is 2.98. The lowest BCUT2D eigenvalue weighted by Crippen LogP contribution is -2.40. The Balaban J connectivity index is 4.50. The number of rotatable bonds is 9. The van der Waals surface area contributed by atoms with Crippen molar-refractivity contribution in [2.24, 2.45) is 5.41 Å². The van der Waals surface area contributed by atoms with E-state index in [1.807, 2.05) is 6.92 Å². The molecule has 1 atom stereocenters. The molecule has 22 heavy (non-hydrogen) atoms. The molecular formula is C14H21F2NO2S3. The van der Waals surface area contributed by atoms with Gasteiger partial charge in [0, 0.05) is 6.92 Å². The van der Waals surface area contributed by atoms with Gasteiger partial charge in [-0.1, -0.05) is 19.1 Å². The van der Waals surface area contributed by atoms with Crippen LogP contribution in [0.25, 0.3) is 0 Å². The first-order valence-corrected chi connectivity index (χ1v) is 9.28. The Morgan fingerprint density at radius 2 is 2.05 bits per heavy atom. The maximum Gasteiger partial charge on any atom is 0.302 e. The van der Waals surface area contributed by atoms with E-state index in [0.717, 1.165) is 23.9 Å². The van der Waals surface area contributed by atoms with E-state index >= 15 is 0 Å². The number of esters is 1. The molecule has 0 amide bonds. The lowest BCUT2D eigenvalue weighted by molar-refractivity contribution is -0.141. The maximum absolute atomic E-state index is 14.3. The van der Waals surface area contributed by atoms with E-state index in [-0.39, 0.29) is 19.4 Å². The highest BCUT2D eigenvalue weighted by molar-refractivity contribution is 8.47. The monoisotopic (exact) mass is 369 g/mol. The number of ether oxygens (including phenoxy) is 1. The number of alkyl halides is 2. The predicted molar refractivity (Wildman–Crippen MR) is 92.3 cm³/mol. The van der Waals surface area contributed by atoms with Crippen LogP contribution >= 0.6 is 35.7 Å². The molecule has 0 aromatic heterocycles. The number of halogens is 2. The van der Waals surface area contributed by atoms with E-state index in [4.69, 9.17) is 22.2 Å². The van der Waals surface area contributed by atoms with Crippen molar-refractivity contribution >= 4 is 45.2 Å². The van der Waals surface area contributed by atoms with Crippen LogP contribution in [0.4, 0.5) is 8.78 Å². The van der Waals surface area contributed by atoms with Crippen LogP contribution in [0.2, 0.25) is 0 Å². The molecule has 0 radical (unpaired) electrons. The van der Waals surface area contributed by atoms with Gasteiger partial charge >= 0.3 is 5.97 Å². The number of thioether (sulfide) groups is 2. The molecule has 0 rings (SSSR count). The average molecular weight is 370 g/mol. The van der Waals surface area contributed by atoms with Crippen LogP contribution in [0.3, 0.4) is 0 Å². The normalized spacial score (nSPS) is 14.0. The first-order valence-electron chi connectivity index (χ1n) is 6.90. The summed E-state index contributed by atoms with van der Waals surface area (Å²) in [7, 11) is 0. The van der Waals surface area contributed by atoms with Crippen molar-refractivity contribution < 1.29 is 18.3 Å². The zero-order valence-corrected chi connectivity index (χ0v) is 15.4. The van der Waals surface area contributed by atoms with Gasteiger partial charge in [-0.25, -0.2) is 8.78 Å². The van der Waals surface area contributed by atoms with Crippen molar-refractivity contribution in [2.45, 2.75) is 46.0 Å². The standard InChI is InChI=1S/C14H21F2NO2S3/c1-4-8-21-12(20)22-10-14(15,16)13(3,9-17)6-5-7-19-11(2)18/h4-8,10H2,1-3H3. The summed E-state index contributed by atoms with van der Waals surface area (Å²) in [6.45, 7) is 4.53. The van der Waals surface area contributed by atoms with Crippen LogP contribution in [0, 0.1) is 16.7 Å². The molecule has 1 unspecified atom stereocenters. The molecule has 126 valence electrons. The van der Waals surface area contributed by atoms with Crippen molar-refractivity contribution in [3.05, 3.63) is 0 Å². The summed E-state index contributed by atoms with van der Waals surface area (Å²) in [5.41, 5.74) is -1.80. The smallest absolute Gasteiger partial charge is 0.302 e. The van der Waals surface area contributed by atoms with Gasteiger partial charge in [0.1, 0.15) is 8.94 Å². The zero-order chi connectivity index (χ0) is 17.2. The summed E-state index contributed by atoms with van der Waals surface area (Å²) in [6.07, 6.45) is 1.10. The zero-order valence-electron chi connectivity index (χ0n) is 13.0. The van der Waals surface area contributed by atoms with Gasteiger partial charge in [0.25, 0.3) is 5.92 Å². The van der Waals surface area contributed by atoms with E-state index < -0.39 is 23.1 Å². The SMILES string of the molecule is CCCSC(=S)SCC(F)(F)C(C)(C#N)CCCOC(C)=O. The first-order chi connectivity index (χ1) is 10.2. The molecule has 0 aliphatic heterocycles. The van der Waals surface area contributed by atoms with E-state index in [1.165, 1.54) is 25.6 Å². The number of hydrogen-bond acceptors (Lipinski definition) is 6. The summed E-state index contributed by atoms with van der Waals surface area (Å²) in [5, 5.41) is 9.15. The van der Waals surface area contributed by atoms with Gasteiger partial charge in [-0.2, -0.15) is 5.26 Å². The fourth-order valence-electron chi connectivity index (χ4n) is 1.50. The van der Waals surface area contributed by atoms with Crippen molar-refractivity contribution in [3.8, 4) is 6.07 Å². The second-order valence-electron chi connectivity index (χ2n) is 4.98. The maximum atomic E-state index is 14.3. The predicted octanol–water partition coefficient (Wildman–Crippen LogP) is 4.66. The fraction of sp³-hybridized carbons (Fsp3) is 0.786. The number of nitrogens with zero attached hydrogens (tertiary/aromatic N) is 1. The third-order valence-corrected chi connectivity index (χ3v) is 5.98. The second kappa shape index (κ2) is 10.4. The fourth-order valence-corrected chi connectivity index (χ4v) is 3.67. The van der Waals surface area contributed by atoms with Crippen molar-refractivity contribution in [2.75, 3.05) is 18.1 Å². The van der Waals surface area contributed by atoms with Crippen molar-refractivity contribution in [1.82, 2.24) is 0 Å². The Hall–Kier alpha value is -0.390. The molecule has 0 spiro atoms. The Labute approximate surface area is 144 Å². The van der Waals surface area contributed by atoms with Crippen LogP contribution in [0.15, 0.2) is 0 Å². The summed E-state index contributed by atoms with van der Waals surface area (Å²) >= 11 is 7.33. The molecule has 3 nitrogen and oxygen atoms in total. The number of carbonyl (C=O) groups is 1. The Kier molecular flexibility index (Phi) is 10.2. The van der Waals surface area contributed by atoms with Crippen LogP contribution < -0.4 is 0 Å². The molecule has 0 heterocycles. The molecule has 0 aromatic rings. The molecule has 0 N–H and O–H groups in total. The topological polar surface area (TPSA) is 50.1 Å².